The van der Waals surface area contributed by atoms with E-state index in [4.69, 9.17) is 4.74 Å². The molecule has 3 rings (SSSR count). The number of hydrogen-bond acceptors (Lipinski definition) is 4. The highest BCUT2D eigenvalue weighted by Crippen LogP contribution is 2.25. The summed E-state index contributed by atoms with van der Waals surface area (Å²) in [5.41, 5.74) is -0.176. The van der Waals surface area contributed by atoms with E-state index in [-0.39, 0.29) is 18.1 Å². The van der Waals surface area contributed by atoms with Gasteiger partial charge in [0.15, 0.2) is 0 Å². The molecule has 0 fully saturated rings. The Balaban J connectivity index is 1.89. The maximum atomic E-state index is 13.0. The average molecular weight is 347 g/mol. The third-order valence-electron chi connectivity index (χ3n) is 4.06. The standard InChI is InChI=1S/C18H22FN3O3/c1-18(2,3)25-16(23)14-5-4-6-15-20-21(17(24)22(14)15)11-12-7-9-13(19)10-8-12/h7-10,14H,4-6,11H2,1-3H3/t14-/m0/s1. The molecule has 0 saturated heterocycles. The van der Waals surface area contributed by atoms with Gasteiger partial charge in [-0.2, -0.15) is 5.10 Å². The lowest BCUT2D eigenvalue weighted by molar-refractivity contribution is -0.159. The molecule has 0 amide bonds. The van der Waals surface area contributed by atoms with E-state index in [0.29, 0.717) is 18.7 Å². The fraction of sp³-hybridized carbons (Fsp3) is 0.500. The molecule has 2 aromatic rings. The van der Waals surface area contributed by atoms with Gasteiger partial charge in [0.2, 0.25) is 0 Å². The number of esters is 1. The van der Waals surface area contributed by atoms with Gasteiger partial charge in [0.05, 0.1) is 6.54 Å². The number of fused-ring (bicyclic) bond motifs is 1. The topological polar surface area (TPSA) is 66.1 Å². The highest BCUT2D eigenvalue weighted by atomic mass is 19.1. The number of aryl methyl sites for hydroxylation is 1. The lowest BCUT2D eigenvalue weighted by Crippen LogP contribution is -2.38. The number of rotatable bonds is 3. The maximum Gasteiger partial charge on any atom is 0.347 e. The maximum absolute atomic E-state index is 13.0. The van der Waals surface area contributed by atoms with Crippen LogP contribution in [-0.2, 0) is 22.5 Å². The van der Waals surface area contributed by atoms with Gasteiger partial charge in [-0.25, -0.2) is 18.7 Å². The van der Waals surface area contributed by atoms with Gasteiger partial charge in [-0.05, 0) is 51.3 Å². The van der Waals surface area contributed by atoms with E-state index in [2.05, 4.69) is 5.10 Å². The molecule has 0 spiro atoms. The molecule has 0 unspecified atom stereocenters. The highest BCUT2D eigenvalue weighted by Gasteiger charge is 2.33. The first kappa shape index (κ1) is 17.4. The van der Waals surface area contributed by atoms with Crippen LogP contribution in [0.3, 0.4) is 0 Å². The Morgan fingerprint density at radius 1 is 1.32 bits per heavy atom. The van der Waals surface area contributed by atoms with Crippen LogP contribution in [-0.4, -0.2) is 25.9 Å². The van der Waals surface area contributed by atoms with E-state index in [9.17, 15) is 14.0 Å². The number of nitrogens with zero attached hydrogens (tertiary/aromatic N) is 3. The summed E-state index contributed by atoms with van der Waals surface area (Å²) in [5, 5.41) is 4.36. The molecular weight excluding hydrogens is 325 g/mol. The first-order chi connectivity index (χ1) is 11.7. The van der Waals surface area contributed by atoms with Crippen LogP contribution in [0.25, 0.3) is 0 Å². The van der Waals surface area contributed by atoms with E-state index < -0.39 is 17.6 Å². The zero-order valence-corrected chi connectivity index (χ0v) is 14.7. The van der Waals surface area contributed by atoms with Crippen molar-refractivity contribution in [3.8, 4) is 0 Å². The van der Waals surface area contributed by atoms with Gasteiger partial charge >= 0.3 is 11.7 Å². The minimum Gasteiger partial charge on any atom is -0.458 e. The van der Waals surface area contributed by atoms with Gasteiger partial charge in [0, 0.05) is 6.42 Å². The fourth-order valence-corrected chi connectivity index (χ4v) is 2.99. The van der Waals surface area contributed by atoms with Crippen LogP contribution in [0.1, 0.15) is 51.0 Å². The molecule has 1 aromatic heterocycles. The van der Waals surface area contributed by atoms with Crippen molar-refractivity contribution in [3.63, 3.8) is 0 Å². The number of aromatic nitrogens is 3. The van der Waals surface area contributed by atoms with E-state index >= 15 is 0 Å². The molecule has 1 aliphatic heterocycles. The molecule has 134 valence electrons. The summed E-state index contributed by atoms with van der Waals surface area (Å²) in [7, 11) is 0. The van der Waals surface area contributed by atoms with Crippen LogP contribution in [0, 0.1) is 5.82 Å². The highest BCUT2D eigenvalue weighted by molar-refractivity contribution is 5.74. The van der Waals surface area contributed by atoms with Crippen LogP contribution in [0.5, 0.6) is 0 Å². The van der Waals surface area contributed by atoms with Crippen molar-refractivity contribution in [1.82, 2.24) is 14.3 Å². The Kier molecular flexibility index (Phi) is 4.49. The van der Waals surface area contributed by atoms with Gasteiger partial charge in [0.25, 0.3) is 0 Å². The molecule has 6 nitrogen and oxygen atoms in total. The zero-order valence-electron chi connectivity index (χ0n) is 14.7. The Morgan fingerprint density at radius 3 is 2.64 bits per heavy atom. The van der Waals surface area contributed by atoms with Crippen molar-refractivity contribution >= 4 is 5.97 Å². The van der Waals surface area contributed by atoms with Crippen LogP contribution in [0.15, 0.2) is 29.1 Å². The summed E-state index contributed by atoms with van der Waals surface area (Å²) in [6, 6.07) is 5.29. The normalized spacial score (nSPS) is 17.2. The molecule has 25 heavy (non-hydrogen) atoms. The second-order valence-electron chi connectivity index (χ2n) is 7.29. The van der Waals surface area contributed by atoms with Crippen molar-refractivity contribution in [2.75, 3.05) is 0 Å². The van der Waals surface area contributed by atoms with Gasteiger partial charge in [-0.15, -0.1) is 0 Å². The lowest BCUT2D eigenvalue weighted by atomic mass is 10.0. The van der Waals surface area contributed by atoms with Crippen molar-refractivity contribution in [2.24, 2.45) is 0 Å². The quantitative estimate of drug-likeness (QED) is 0.800. The predicted octanol–water partition coefficient (Wildman–Crippen LogP) is 2.45. The summed E-state index contributed by atoms with van der Waals surface area (Å²) in [5.74, 6) is -0.142. The molecule has 0 N–H and O–H groups in total. The predicted molar refractivity (Wildman–Crippen MR) is 89.8 cm³/mol. The number of hydrogen-bond donors (Lipinski definition) is 0. The second-order valence-corrected chi connectivity index (χ2v) is 7.29. The first-order valence-corrected chi connectivity index (χ1v) is 8.40. The number of carbonyl (C=O) groups excluding carboxylic acids is 1. The van der Waals surface area contributed by atoms with Crippen LogP contribution < -0.4 is 5.69 Å². The summed E-state index contributed by atoms with van der Waals surface area (Å²) >= 11 is 0. The van der Waals surface area contributed by atoms with Gasteiger partial charge in [0.1, 0.15) is 23.3 Å². The molecule has 0 aliphatic carbocycles. The third-order valence-corrected chi connectivity index (χ3v) is 4.06. The molecule has 1 atom stereocenters. The van der Waals surface area contributed by atoms with Gasteiger partial charge in [-0.3, -0.25) is 4.57 Å². The second kappa shape index (κ2) is 6.46. The van der Waals surface area contributed by atoms with Crippen LogP contribution in [0.2, 0.25) is 0 Å². The van der Waals surface area contributed by atoms with E-state index in [1.54, 1.807) is 32.9 Å². The van der Waals surface area contributed by atoms with Gasteiger partial charge < -0.3 is 4.74 Å². The molecule has 1 aliphatic rings. The Bertz CT molecular complexity index is 831. The third kappa shape index (κ3) is 3.81. The SMILES string of the molecule is CC(C)(C)OC(=O)[C@@H]1CCCc2nn(Cc3ccc(F)cc3)c(=O)n21. The minimum atomic E-state index is -0.641. The Labute approximate surface area is 145 Å². The summed E-state index contributed by atoms with van der Waals surface area (Å²) < 4.78 is 21.2. The van der Waals surface area contributed by atoms with Crippen LogP contribution in [0.4, 0.5) is 4.39 Å². The summed E-state index contributed by atoms with van der Waals surface area (Å²) in [6.07, 6.45) is 1.98. The fourth-order valence-electron chi connectivity index (χ4n) is 2.99. The summed E-state index contributed by atoms with van der Waals surface area (Å²) in [4.78, 5) is 25.2. The largest absolute Gasteiger partial charge is 0.458 e. The van der Waals surface area contributed by atoms with Crippen molar-refractivity contribution in [1.29, 1.82) is 0 Å². The van der Waals surface area contributed by atoms with E-state index in [0.717, 1.165) is 12.0 Å². The number of halogens is 1. The van der Waals surface area contributed by atoms with Crippen molar-refractivity contribution in [2.45, 2.75) is 58.2 Å². The monoisotopic (exact) mass is 347 g/mol. The molecule has 7 heteroatoms. The Hall–Kier alpha value is -2.44. The number of ether oxygens (including phenoxy) is 1. The minimum absolute atomic E-state index is 0.236. The van der Waals surface area contributed by atoms with Gasteiger partial charge in [-0.1, -0.05) is 12.1 Å². The molecule has 0 radical (unpaired) electrons. The Morgan fingerprint density at radius 2 is 2.00 bits per heavy atom. The molecule has 2 heterocycles. The summed E-state index contributed by atoms with van der Waals surface area (Å²) in [6.45, 7) is 5.64. The average Bonchev–Trinajstić information content (AvgIpc) is 2.84. The van der Waals surface area contributed by atoms with Crippen molar-refractivity contribution in [3.05, 3.63) is 52.0 Å². The number of carbonyl (C=O) groups is 1. The zero-order chi connectivity index (χ0) is 18.2. The van der Waals surface area contributed by atoms with Crippen molar-refractivity contribution < 1.29 is 13.9 Å². The smallest absolute Gasteiger partial charge is 0.347 e. The molecular formula is C18H22FN3O3. The van der Waals surface area contributed by atoms with Crippen LogP contribution >= 0.6 is 0 Å². The first-order valence-electron chi connectivity index (χ1n) is 8.40. The molecule has 0 bridgehead atoms. The van der Waals surface area contributed by atoms with E-state index in [1.165, 1.54) is 21.4 Å². The molecule has 1 aromatic carbocycles. The number of benzene rings is 1. The van der Waals surface area contributed by atoms with E-state index in [1.807, 2.05) is 0 Å². The lowest BCUT2D eigenvalue weighted by Gasteiger charge is -2.26. The molecule has 0 saturated carbocycles.